The second kappa shape index (κ2) is 3.42. The quantitative estimate of drug-likeness (QED) is 0.733. The molecular formula is C7H7F2NO3. The predicted octanol–water partition coefficient (Wildman–Crippen LogP) is 1.03. The van der Waals surface area contributed by atoms with Crippen molar-refractivity contribution in [1.29, 1.82) is 0 Å². The van der Waals surface area contributed by atoms with Crippen molar-refractivity contribution in [1.82, 2.24) is 4.98 Å². The Morgan fingerprint density at radius 1 is 1.62 bits per heavy atom. The molecule has 0 aliphatic rings. The van der Waals surface area contributed by atoms with Crippen LogP contribution in [0, 0.1) is 0 Å². The molecule has 1 rings (SSSR count). The largest absolute Gasteiger partial charge is 0.492 e. The molecule has 0 fully saturated rings. The number of halogens is 2. The summed E-state index contributed by atoms with van der Waals surface area (Å²) in [5, 5.41) is 9.01. The Morgan fingerprint density at radius 2 is 2.23 bits per heavy atom. The Labute approximate surface area is 71.8 Å². The van der Waals surface area contributed by atoms with Crippen molar-refractivity contribution in [3.63, 3.8) is 0 Å². The molecule has 6 heteroatoms. The fourth-order valence-electron chi connectivity index (χ4n) is 0.930. The summed E-state index contributed by atoms with van der Waals surface area (Å²) < 4.78 is 29.0. The highest BCUT2D eigenvalue weighted by Crippen LogP contribution is 2.32. The third-order valence-corrected chi connectivity index (χ3v) is 1.44. The van der Waals surface area contributed by atoms with Crippen molar-refractivity contribution >= 4 is 0 Å². The zero-order valence-corrected chi connectivity index (χ0v) is 6.67. The van der Waals surface area contributed by atoms with Crippen LogP contribution in [0.1, 0.15) is 12.0 Å². The van der Waals surface area contributed by atoms with Gasteiger partial charge in [0.2, 0.25) is 5.88 Å². The molecule has 0 radical (unpaired) electrons. The fraction of sp³-hybridized carbons (Fsp3) is 0.286. The van der Waals surface area contributed by atoms with Crippen LogP contribution in [0.4, 0.5) is 8.78 Å². The monoisotopic (exact) mass is 191 g/mol. The topological polar surface area (TPSA) is 62.3 Å². The van der Waals surface area contributed by atoms with E-state index in [1.807, 2.05) is 4.98 Å². The Morgan fingerprint density at radius 3 is 2.69 bits per heavy atom. The van der Waals surface area contributed by atoms with Gasteiger partial charge < -0.3 is 9.84 Å². The highest BCUT2D eigenvalue weighted by molar-refractivity contribution is 5.40. The summed E-state index contributed by atoms with van der Waals surface area (Å²) >= 11 is 0. The maximum Gasteiger partial charge on any atom is 0.267 e. The van der Waals surface area contributed by atoms with E-state index in [1.165, 1.54) is 0 Å². The van der Waals surface area contributed by atoms with Gasteiger partial charge in [-0.25, -0.2) is 8.78 Å². The van der Waals surface area contributed by atoms with E-state index in [0.29, 0.717) is 6.07 Å². The van der Waals surface area contributed by atoms with Crippen LogP contribution in [0.15, 0.2) is 10.9 Å². The number of hydrogen-bond donors (Lipinski definition) is 2. The highest BCUT2D eigenvalue weighted by Gasteiger charge is 2.18. The van der Waals surface area contributed by atoms with Crippen molar-refractivity contribution in [2.75, 3.05) is 7.11 Å². The molecule has 1 aromatic heterocycles. The number of H-pyrrole nitrogens is 1. The first-order valence-electron chi connectivity index (χ1n) is 3.34. The van der Waals surface area contributed by atoms with E-state index >= 15 is 0 Å². The molecule has 0 aromatic carbocycles. The van der Waals surface area contributed by atoms with Crippen LogP contribution in [0.25, 0.3) is 0 Å². The summed E-state index contributed by atoms with van der Waals surface area (Å²) in [6.07, 6.45) is -2.86. The Bertz CT molecular complexity index is 361. The highest BCUT2D eigenvalue weighted by atomic mass is 19.3. The van der Waals surface area contributed by atoms with E-state index in [4.69, 9.17) is 5.11 Å². The van der Waals surface area contributed by atoms with Crippen LogP contribution in [0.2, 0.25) is 0 Å². The molecular weight excluding hydrogens is 184 g/mol. The van der Waals surface area contributed by atoms with Crippen LogP contribution in [-0.2, 0) is 0 Å². The Kier molecular flexibility index (Phi) is 2.50. The van der Waals surface area contributed by atoms with Gasteiger partial charge in [0, 0.05) is 6.07 Å². The lowest BCUT2D eigenvalue weighted by atomic mass is 10.2. The molecule has 13 heavy (non-hydrogen) atoms. The van der Waals surface area contributed by atoms with E-state index in [2.05, 4.69) is 4.74 Å². The van der Waals surface area contributed by atoms with Crippen LogP contribution < -0.4 is 10.3 Å². The number of alkyl halides is 2. The molecule has 72 valence electrons. The lowest BCUT2D eigenvalue weighted by Crippen LogP contribution is -2.07. The third-order valence-electron chi connectivity index (χ3n) is 1.44. The van der Waals surface area contributed by atoms with Crippen LogP contribution in [0.5, 0.6) is 11.6 Å². The molecule has 4 nitrogen and oxygen atoms in total. The minimum atomic E-state index is -2.86. The summed E-state index contributed by atoms with van der Waals surface area (Å²) in [6.45, 7) is 0. The maximum atomic E-state index is 12.2. The molecule has 1 heterocycles. The summed E-state index contributed by atoms with van der Waals surface area (Å²) in [5.74, 6) is -1.10. The number of aromatic hydroxyl groups is 1. The predicted molar refractivity (Wildman–Crippen MR) is 40.2 cm³/mol. The fourth-order valence-corrected chi connectivity index (χ4v) is 0.930. The molecule has 0 unspecified atom stereocenters. The van der Waals surface area contributed by atoms with Gasteiger partial charge in [0.25, 0.3) is 12.0 Å². The van der Waals surface area contributed by atoms with Gasteiger partial charge in [-0.1, -0.05) is 0 Å². The van der Waals surface area contributed by atoms with E-state index in [-0.39, 0.29) is 0 Å². The van der Waals surface area contributed by atoms with Crippen molar-refractivity contribution in [3.05, 3.63) is 22.0 Å². The zero-order chi connectivity index (χ0) is 10.0. The molecule has 0 saturated carbocycles. The first-order chi connectivity index (χ1) is 6.06. The number of ether oxygens (including phenoxy) is 1. The van der Waals surface area contributed by atoms with Crippen LogP contribution in [0.3, 0.4) is 0 Å². The Balaban J connectivity index is 3.38. The van der Waals surface area contributed by atoms with Gasteiger partial charge in [0.05, 0.1) is 12.7 Å². The van der Waals surface area contributed by atoms with Crippen molar-refractivity contribution in [2.24, 2.45) is 0 Å². The van der Waals surface area contributed by atoms with E-state index in [0.717, 1.165) is 7.11 Å². The summed E-state index contributed by atoms with van der Waals surface area (Å²) in [5.41, 5.74) is -1.42. The maximum absolute atomic E-state index is 12.2. The number of aromatic nitrogens is 1. The summed E-state index contributed by atoms with van der Waals surface area (Å²) in [7, 11) is 1.12. The second-order valence-electron chi connectivity index (χ2n) is 2.27. The molecule has 0 bridgehead atoms. The van der Waals surface area contributed by atoms with Crippen LogP contribution >= 0.6 is 0 Å². The standard InChI is InChI=1S/C7H7F2NO3/c1-13-5-3(6(8)9)2-4(11)10-7(5)12/h2,6H,1H3,(H2,10,11,12). The number of methoxy groups -OCH3 is 1. The van der Waals surface area contributed by atoms with Crippen molar-refractivity contribution < 1.29 is 18.6 Å². The van der Waals surface area contributed by atoms with Gasteiger partial charge in [-0.3, -0.25) is 9.78 Å². The van der Waals surface area contributed by atoms with Crippen molar-refractivity contribution in [3.8, 4) is 11.6 Å². The smallest absolute Gasteiger partial charge is 0.267 e. The third kappa shape index (κ3) is 1.77. The molecule has 0 atom stereocenters. The van der Waals surface area contributed by atoms with E-state index in [9.17, 15) is 13.6 Å². The molecule has 0 saturated heterocycles. The average Bonchev–Trinajstić information content (AvgIpc) is 2.02. The first-order valence-corrected chi connectivity index (χ1v) is 3.34. The van der Waals surface area contributed by atoms with Gasteiger partial charge >= 0.3 is 0 Å². The second-order valence-corrected chi connectivity index (χ2v) is 2.27. The first kappa shape index (κ1) is 9.50. The zero-order valence-electron chi connectivity index (χ0n) is 6.67. The summed E-state index contributed by atoms with van der Waals surface area (Å²) in [4.78, 5) is 12.6. The average molecular weight is 191 g/mol. The van der Waals surface area contributed by atoms with Gasteiger partial charge in [-0.05, 0) is 0 Å². The van der Waals surface area contributed by atoms with E-state index < -0.39 is 29.2 Å². The molecule has 0 aliphatic heterocycles. The molecule has 1 aromatic rings. The molecule has 0 spiro atoms. The lowest BCUT2D eigenvalue weighted by Gasteiger charge is -2.07. The van der Waals surface area contributed by atoms with Gasteiger partial charge in [0.1, 0.15) is 0 Å². The lowest BCUT2D eigenvalue weighted by molar-refractivity contribution is 0.145. The molecule has 0 amide bonds. The van der Waals surface area contributed by atoms with Gasteiger partial charge in [0.15, 0.2) is 5.75 Å². The molecule has 0 aliphatic carbocycles. The number of pyridine rings is 1. The normalized spacial score (nSPS) is 10.5. The SMILES string of the molecule is COc1c(C(F)F)cc(=O)[nH]c1O. The van der Waals surface area contributed by atoms with Crippen molar-refractivity contribution in [2.45, 2.75) is 6.43 Å². The molecule has 2 N–H and O–H groups in total. The Hall–Kier alpha value is -1.59. The number of aromatic amines is 1. The summed E-state index contributed by atoms with van der Waals surface area (Å²) in [6, 6.07) is 0.684. The number of hydrogen-bond acceptors (Lipinski definition) is 3. The minimum Gasteiger partial charge on any atom is -0.492 e. The number of nitrogens with one attached hydrogen (secondary N) is 1. The van der Waals surface area contributed by atoms with Crippen LogP contribution in [-0.4, -0.2) is 17.2 Å². The minimum absolute atomic E-state index is 0.408. The van der Waals surface area contributed by atoms with Gasteiger partial charge in [-0.2, -0.15) is 0 Å². The van der Waals surface area contributed by atoms with Gasteiger partial charge in [-0.15, -0.1) is 0 Å². The van der Waals surface area contributed by atoms with E-state index in [1.54, 1.807) is 0 Å². The number of rotatable bonds is 2.